The molecular formula is C72H125N5O21S3. The molecule has 3 saturated carbocycles. The predicted molar refractivity (Wildman–Crippen MR) is 384 cm³/mol. The van der Waals surface area contributed by atoms with Gasteiger partial charge in [-0.15, -0.1) is 35.3 Å². The Kier molecular flexibility index (Phi) is 35.9. The number of hydrogen-bond donors (Lipinski definition) is 17. The van der Waals surface area contributed by atoms with Gasteiger partial charge in [0.2, 0.25) is 29.5 Å². The zero-order valence-corrected chi connectivity index (χ0v) is 62.7. The molecular weight excluding hydrogens is 1370 g/mol. The summed E-state index contributed by atoms with van der Waals surface area (Å²) in [6.07, 6.45) is 4.66. The summed E-state index contributed by atoms with van der Waals surface area (Å²) in [5.74, 6) is 2.85. The molecule has 7 aliphatic rings. The molecule has 0 aromatic rings. The van der Waals surface area contributed by atoms with Gasteiger partial charge in [-0.25, -0.2) is 0 Å². The zero-order chi connectivity index (χ0) is 73.6. The summed E-state index contributed by atoms with van der Waals surface area (Å²) < 4.78 is 23.2. The van der Waals surface area contributed by atoms with Crippen molar-refractivity contribution >= 4 is 64.8 Å². The quantitative estimate of drug-likeness (QED) is 0.0308. The van der Waals surface area contributed by atoms with Gasteiger partial charge in [-0.3, -0.25) is 24.0 Å². The lowest BCUT2D eigenvalue weighted by molar-refractivity contribution is -0.205. The highest BCUT2D eigenvalue weighted by molar-refractivity contribution is 8.00. The summed E-state index contributed by atoms with van der Waals surface area (Å²) in [4.78, 5) is 68.0. The number of ether oxygens (including phenoxy) is 4. The smallest absolute Gasteiger partial charge is 0.243 e. The molecule has 0 aromatic carbocycles. The summed E-state index contributed by atoms with van der Waals surface area (Å²) in [6, 6.07) is -2.23. The van der Waals surface area contributed by atoms with Crippen molar-refractivity contribution in [3.05, 3.63) is 11.6 Å². The molecule has 5 amide bonds. The van der Waals surface area contributed by atoms with Gasteiger partial charge in [-0.1, -0.05) is 78.4 Å². The van der Waals surface area contributed by atoms with Crippen LogP contribution >= 0.6 is 35.3 Å². The third kappa shape index (κ3) is 24.0. The van der Waals surface area contributed by atoms with Crippen LogP contribution in [0.15, 0.2) is 11.6 Å². The van der Waals surface area contributed by atoms with Gasteiger partial charge < -0.3 is 107 Å². The van der Waals surface area contributed by atoms with Crippen molar-refractivity contribution in [3.8, 4) is 0 Å². The lowest BCUT2D eigenvalue weighted by atomic mass is 9.47. The number of carbonyl (C=O) groups is 5. The molecule has 0 spiro atoms. The molecule has 101 heavy (non-hydrogen) atoms. The van der Waals surface area contributed by atoms with E-state index in [9.17, 15) is 85.3 Å². The number of amides is 5. The minimum absolute atomic E-state index is 0.00114. The lowest BCUT2D eigenvalue weighted by Crippen LogP contribution is -2.57. The van der Waals surface area contributed by atoms with E-state index in [1.165, 1.54) is 57.8 Å². The molecule has 7 rings (SSSR count). The highest BCUT2D eigenvalue weighted by Gasteiger charge is 2.59. The fourth-order valence-corrected chi connectivity index (χ4v) is 20.4. The standard InChI is InChI=1S/C72H125N5O21S3/c1-41(2)15-14-16-42(3)46-21-22-47-45-20-19-43-37-44(23-28-71(43,4)48(45)24-29-72(46,47)5)95-33-13-7-6-10-32-75-66(93)49(17-8-11-30-73-54(81)25-34-99-68-63(90)60(87)57(84)51(38-78)96-68)77-67(94)50(76-56(83)27-36-101-70-65(92)62(89)59(86)53(40-80)98-70)18-9-12-31-74-55(82)26-35-100-69-64(91)61(88)58(85)52(39-79)97-69/h19,41-42,44-53,57-65,68-70,78-80,84-92H,6-18,20-40H2,1-5H3,(H,73,81)(H,74,82)(H,75,93)(H,76,83)(H,77,94)/t42?,44?,45?,46?,47?,48?,49?,50-,51?,52?,53?,57?,58?,59?,60?,61?,62?,63?,64?,65?,68?,69?,70?,71?,72?/m1/s1. The maximum Gasteiger partial charge on any atom is 0.243 e. The third-order valence-electron chi connectivity index (χ3n) is 23.1. The number of carbonyl (C=O) groups excluding carboxylic acids is 5. The Bertz CT molecular complexity index is 2570. The molecule has 24 unspecified atom stereocenters. The average molecular weight is 1490 g/mol. The fourth-order valence-electron chi connectivity index (χ4n) is 17.0. The first-order chi connectivity index (χ1) is 48.3. The van der Waals surface area contributed by atoms with Crippen molar-refractivity contribution in [2.24, 2.45) is 46.3 Å². The molecule has 0 radical (unpaired) electrons. The Morgan fingerprint density at radius 2 is 1.00 bits per heavy atom. The number of rotatable bonds is 42. The number of thioether (sulfide) groups is 3. The molecule has 25 atom stereocenters. The van der Waals surface area contributed by atoms with Crippen LogP contribution in [0.1, 0.15) is 189 Å². The topological polar surface area (TPSA) is 425 Å². The summed E-state index contributed by atoms with van der Waals surface area (Å²) in [5, 5.41) is 136. The minimum atomic E-state index is -1.61. The van der Waals surface area contributed by atoms with Crippen LogP contribution in [0, 0.1) is 46.3 Å². The Labute approximate surface area is 610 Å². The Balaban J connectivity index is 0.894. The van der Waals surface area contributed by atoms with Crippen molar-refractivity contribution in [3.63, 3.8) is 0 Å². The maximum atomic E-state index is 14.4. The maximum absolute atomic E-state index is 14.4. The van der Waals surface area contributed by atoms with Gasteiger partial charge in [-0.2, -0.15) is 0 Å². The van der Waals surface area contributed by atoms with Crippen LogP contribution in [0.5, 0.6) is 0 Å². The molecule has 26 nitrogen and oxygen atoms in total. The summed E-state index contributed by atoms with van der Waals surface area (Å²) in [6.45, 7) is 12.1. The molecule has 29 heteroatoms. The van der Waals surface area contributed by atoms with E-state index in [1.807, 2.05) is 0 Å². The number of unbranched alkanes of at least 4 members (excludes halogenated alkanes) is 5. The van der Waals surface area contributed by atoms with Crippen LogP contribution in [-0.4, -0.2) is 262 Å². The normalized spacial score (nSPS) is 35.6. The van der Waals surface area contributed by atoms with E-state index in [-0.39, 0.29) is 85.8 Å². The van der Waals surface area contributed by atoms with Gasteiger partial charge >= 0.3 is 0 Å². The third-order valence-corrected chi connectivity index (χ3v) is 26.6. The summed E-state index contributed by atoms with van der Waals surface area (Å²) in [7, 11) is 0. The molecule has 0 bridgehead atoms. The van der Waals surface area contributed by atoms with Crippen LogP contribution in [0.4, 0.5) is 0 Å². The van der Waals surface area contributed by atoms with E-state index in [0.29, 0.717) is 50.7 Å². The number of allylic oxidation sites excluding steroid dienone is 1. The zero-order valence-electron chi connectivity index (χ0n) is 60.2. The highest BCUT2D eigenvalue weighted by Crippen LogP contribution is 2.67. The van der Waals surface area contributed by atoms with E-state index in [4.69, 9.17) is 18.9 Å². The van der Waals surface area contributed by atoms with Crippen LogP contribution in [-0.2, 0) is 42.9 Å². The van der Waals surface area contributed by atoms with Gasteiger partial charge in [0.15, 0.2) is 0 Å². The van der Waals surface area contributed by atoms with Gasteiger partial charge in [0.25, 0.3) is 0 Å². The van der Waals surface area contributed by atoms with Crippen LogP contribution in [0.3, 0.4) is 0 Å². The molecule has 582 valence electrons. The van der Waals surface area contributed by atoms with E-state index >= 15 is 0 Å². The minimum Gasteiger partial charge on any atom is -0.394 e. The number of aliphatic hydroxyl groups excluding tert-OH is 12. The van der Waals surface area contributed by atoms with Crippen molar-refractivity contribution in [2.75, 3.05) is 63.3 Å². The lowest BCUT2D eigenvalue weighted by Gasteiger charge is -2.58. The molecule has 6 fully saturated rings. The number of hydrogen-bond acceptors (Lipinski definition) is 24. The van der Waals surface area contributed by atoms with E-state index < -0.39 is 139 Å². The Morgan fingerprint density at radius 1 is 0.515 bits per heavy atom. The Hall–Kier alpha value is -2.50. The highest BCUT2D eigenvalue weighted by atomic mass is 32.2. The number of nitrogens with one attached hydrogen (secondary N) is 5. The van der Waals surface area contributed by atoms with Gasteiger partial charge in [-0.05, 0) is 149 Å². The monoisotopic (exact) mass is 1490 g/mol. The predicted octanol–water partition coefficient (Wildman–Crippen LogP) is 2.40. The summed E-state index contributed by atoms with van der Waals surface area (Å²) >= 11 is 3.07. The number of fused-ring (bicyclic) bond motifs is 5. The van der Waals surface area contributed by atoms with Crippen LogP contribution in [0.2, 0.25) is 0 Å². The van der Waals surface area contributed by atoms with Crippen LogP contribution in [0.25, 0.3) is 0 Å². The van der Waals surface area contributed by atoms with Gasteiger partial charge in [0.1, 0.15) is 102 Å². The summed E-state index contributed by atoms with van der Waals surface area (Å²) in [5.41, 5.74) is -0.745. The fraction of sp³-hybridized carbons (Fsp3) is 0.903. The molecule has 17 N–H and O–H groups in total. The largest absolute Gasteiger partial charge is 0.394 e. The molecule has 3 heterocycles. The first-order valence-electron chi connectivity index (χ1n) is 37.7. The Morgan fingerprint density at radius 3 is 1.51 bits per heavy atom. The van der Waals surface area contributed by atoms with Crippen molar-refractivity contribution in [1.82, 2.24) is 26.6 Å². The van der Waals surface area contributed by atoms with Crippen LogP contribution < -0.4 is 26.6 Å². The molecule has 0 aromatic heterocycles. The first-order valence-corrected chi connectivity index (χ1v) is 40.9. The van der Waals surface area contributed by atoms with E-state index in [2.05, 4.69) is 67.3 Å². The van der Waals surface area contributed by atoms with Crippen molar-refractivity contribution < 1.29 is 104 Å². The SMILES string of the molecule is CC(C)CCCC(C)C1CCC2C3CC=C4CC(OCCCCCCNC(=O)C(CCCCNC(=O)CCSC5OC(CO)C(O)C(O)C5O)NC(=O)[C@@H](CCCCNC(=O)CCSC5OC(CO)C(O)C(O)C5O)NC(=O)CCSC5OC(CO)C(O)C(O)C5O)CCC4(C)C3CCC12C. The second-order valence-corrected chi connectivity index (χ2v) is 34.2. The second-order valence-electron chi connectivity index (χ2n) is 30.6. The second kappa shape index (κ2) is 42.3. The van der Waals surface area contributed by atoms with Gasteiger partial charge in [0, 0.05) is 62.8 Å². The average Bonchev–Trinajstić information content (AvgIpc) is 1.69. The molecule has 4 aliphatic carbocycles. The van der Waals surface area contributed by atoms with Crippen molar-refractivity contribution in [1.29, 1.82) is 0 Å². The van der Waals surface area contributed by atoms with Gasteiger partial charge in [0.05, 0.1) is 25.9 Å². The number of aliphatic hydroxyl groups is 12. The van der Waals surface area contributed by atoms with Crippen molar-refractivity contribution in [2.45, 2.75) is 296 Å². The first kappa shape index (κ1) is 85.7. The van der Waals surface area contributed by atoms with E-state index in [1.54, 1.807) is 5.57 Å². The molecule has 3 saturated heterocycles. The van der Waals surface area contributed by atoms with E-state index in [0.717, 1.165) is 103 Å². The molecule has 3 aliphatic heterocycles.